The van der Waals surface area contributed by atoms with Crippen molar-refractivity contribution in [1.82, 2.24) is 20.2 Å². The van der Waals surface area contributed by atoms with Crippen LogP contribution in [0.3, 0.4) is 0 Å². The number of hydrogen-bond donors (Lipinski definition) is 1. The molecule has 1 aliphatic rings. The third kappa shape index (κ3) is 2.68. The zero-order valence-electron chi connectivity index (χ0n) is 9.81. The number of nitrogens with one attached hydrogen (secondary N) is 1. The molecular formula is C11H18N4O. The Morgan fingerprint density at radius 2 is 2.31 bits per heavy atom. The highest BCUT2D eigenvalue weighted by Gasteiger charge is 2.17. The summed E-state index contributed by atoms with van der Waals surface area (Å²) in [5.41, 5.74) is 0.916. The largest absolute Gasteiger partial charge is 0.480 e. The van der Waals surface area contributed by atoms with Crippen LogP contribution in [0.15, 0.2) is 12.4 Å². The van der Waals surface area contributed by atoms with Gasteiger partial charge in [-0.15, -0.1) is 0 Å². The highest BCUT2D eigenvalue weighted by molar-refractivity contribution is 5.16. The van der Waals surface area contributed by atoms with E-state index in [0.29, 0.717) is 11.9 Å². The number of methoxy groups -OCH3 is 1. The Morgan fingerprint density at radius 1 is 1.50 bits per heavy atom. The topological polar surface area (TPSA) is 50.3 Å². The fraction of sp³-hybridized carbons (Fsp3) is 0.636. The summed E-state index contributed by atoms with van der Waals surface area (Å²) in [7, 11) is 1.63. The van der Waals surface area contributed by atoms with E-state index in [2.05, 4.69) is 27.1 Å². The molecule has 5 nitrogen and oxygen atoms in total. The van der Waals surface area contributed by atoms with Crippen molar-refractivity contribution in [2.24, 2.45) is 0 Å². The van der Waals surface area contributed by atoms with E-state index >= 15 is 0 Å². The zero-order chi connectivity index (χ0) is 11.4. The molecule has 1 atom stereocenters. The molecule has 88 valence electrons. The van der Waals surface area contributed by atoms with Crippen molar-refractivity contribution in [2.45, 2.75) is 19.5 Å². The maximum Gasteiger partial charge on any atom is 0.236 e. The highest BCUT2D eigenvalue weighted by Crippen LogP contribution is 2.14. The lowest BCUT2D eigenvalue weighted by Crippen LogP contribution is -2.48. The van der Waals surface area contributed by atoms with E-state index in [0.717, 1.165) is 31.9 Å². The smallest absolute Gasteiger partial charge is 0.236 e. The Balaban J connectivity index is 2.02. The molecule has 5 heteroatoms. The molecule has 1 aromatic heterocycles. The van der Waals surface area contributed by atoms with E-state index in [4.69, 9.17) is 4.74 Å². The number of piperazine rings is 1. The summed E-state index contributed by atoms with van der Waals surface area (Å²) >= 11 is 0. The van der Waals surface area contributed by atoms with Gasteiger partial charge in [0, 0.05) is 44.6 Å². The molecule has 0 unspecified atom stereocenters. The monoisotopic (exact) mass is 222 g/mol. The van der Waals surface area contributed by atoms with Gasteiger partial charge < -0.3 is 10.1 Å². The fourth-order valence-electron chi connectivity index (χ4n) is 2.00. The molecule has 2 rings (SSSR count). The van der Waals surface area contributed by atoms with Gasteiger partial charge in [0.05, 0.1) is 7.11 Å². The summed E-state index contributed by atoms with van der Waals surface area (Å²) in [6, 6.07) is 0.538. The molecule has 0 saturated carbocycles. The van der Waals surface area contributed by atoms with Crippen LogP contribution in [0.5, 0.6) is 5.88 Å². The van der Waals surface area contributed by atoms with Crippen molar-refractivity contribution in [3.63, 3.8) is 0 Å². The first-order valence-electron chi connectivity index (χ1n) is 5.59. The van der Waals surface area contributed by atoms with Crippen LogP contribution < -0.4 is 10.1 Å². The molecular weight excluding hydrogens is 204 g/mol. The SMILES string of the molecule is COc1nccnc1CN1CCN[C@@H](C)C1. The molecule has 0 bridgehead atoms. The minimum absolute atomic E-state index is 0.538. The van der Waals surface area contributed by atoms with E-state index in [1.807, 2.05) is 0 Å². The Bertz CT molecular complexity index is 345. The van der Waals surface area contributed by atoms with Crippen molar-refractivity contribution < 1.29 is 4.74 Å². The van der Waals surface area contributed by atoms with Gasteiger partial charge in [0.2, 0.25) is 5.88 Å². The molecule has 1 aliphatic heterocycles. The Hall–Kier alpha value is -1.20. The second-order valence-corrected chi connectivity index (χ2v) is 4.10. The van der Waals surface area contributed by atoms with Crippen LogP contribution in [-0.2, 0) is 6.54 Å². The fourth-order valence-corrected chi connectivity index (χ4v) is 2.00. The summed E-state index contributed by atoms with van der Waals surface area (Å²) in [6.07, 6.45) is 3.37. The number of hydrogen-bond acceptors (Lipinski definition) is 5. The van der Waals surface area contributed by atoms with Gasteiger partial charge >= 0.3 is 0 Å². The van der Waals surface area contributed by atoms with Crippen molar-refractivity contribution >= 4 is 0 Å². The first-order chi connectivity index (χ1) is 7.79. The van der Waals surface area contributed by atoms with Gasteiger partial charge in [-0.05, 0) is 6.92 Å². The third-order valence-corrected chi connectivity index (χ3v) is 2.76. The predicted octanol–water partition coefficient (Wildman–Crippen LogP) is 0.279. The Morgan fingerprint density at radius 3 is 3.06 bits per heavy atom. The van der Waals surface area contributed by atoms with E-state index in [1.54, 1.807) is 19.5 Å². The summed E-state index contributed by atoms with van der Waals surface area (Å²) in [6.45, 7) is 6.12. The van der Waals surface area contributed by atoms with Crippen molar-refractivity contribution in [3.8, 4) is 5.88 Å². The molecule has 1 aromatic rings. The molecule has 2 heterocycles. The summed E-state index contributed by atoms with van der Waals surface area (Å²) in [5, 5.41) is 3.42. The molecule has 0 amide bonds. The molecule has 0 aromatic carbocycles. The molecule has 0 spiro atoms. The van der Waals surface area contributed by atoms with Crippen LogP contribution in [0.4, 0.5) is 0 Å². The van der Waals surface area contributed by atoms with Crippen LogP contribution in [0.25, 0.3) is 0 Å². The normalized spacial score (nSPS) is 22.0. The van der Waals surface area contributed by atoms with E-state index < -0.39 is 0 Å². The van der Waals surface area contributed by atoms with E-state index in [1.165, 1.54) is 0 Å². The average Bonchev–Trinajstić information content (AvgIpc) is 2.30. The molecule has 0 aliphatic carbocycles. The second kappa shape index (κ2) is 5.23. The lowest BCUT2D eigenvalue weighted by atomic mass is 10.2. The molecule has 1 N–H and O–H groups in total. The zero-order valence-corrected chi connectivity index (χ0v) is 9.81. The lowest BCUT2D eigenvalue weighted by molar-refractivity contribution is 0.194. The average molecular weight is 222 g/mol. The van der Waals surface area contributed by atoms with Crippen LogP contribution in [0.1, 0.15) is 12.6 Å². The van der Waals surface area contributed by atoms with Crippen LogP contribution in [0.2, 0.25) is 0 Å². The minimum Gasteiger partial charge on any atom is -0.480 e. The summed E-state index contributed by atoms with van der Waals surface area (Å²) in [5.74, 6) is 0.633. The van der Waals surface area contributed by atoms with Gasteiger partial charge in [0.1, 0.15) is 5.69 Å². The number of nitrogens with zero attached hydrogens (tertiary/aromatic N) is 3. The Labute approximate surface area is 95.8 Å². The van der Waals surface area contributed by atoms with E-state index in [9.17, 15) is 0 Å². The van der Waals surface area contributed by atoms with Gasteiger partial charge in [-0.3, -0.25) is 9.88 Å². The lowest BCUT2D eigenvalue weighted by Gasteiger charge is -2.31. The van der Waals surface area contributed by atoms with Crippen LogP contribution in [-0.4, -0.2) is 47.7 Å². The quantitative estimate of drug-likeness (QED) is 0.796. The third-order valence-electron chi connectivity index (χ3n) is 2.76. The van der Waals surface area contributed by atoms with Crippen LogP contribution in [0, 0.1) is 0 Å². The van der Waals surface area contributed by atoms with Crippen molar-refractivity contribution in [2.75, 3.05) is 26.7 Å². The van der Waals surface area contributed by atoms with E-state index in [-0.39, 0.29) is 0 Å². The van der Waals surface area contributed by atoms with Gasteiger partial charge in [0.25, 0.3) is 0 Å². The number of rotatable bonds is 3. The number of aromatic nitrogens is 2. The van der Waals surface area contributed by atoms with Gasteiger partial charge in [-0.2, -0.15) is 0 Å². The first-order valence-corrected chi connectivity index (χ1v) is 5.59. The predicted molar refractivity (Wildman–Crippen MR) is 61.3 cm³/mol. The summed E-state index contributed by atoms with van der Waals surface area (Å²) in [4.78, 5) is 10.8. The molecule has 16 heavy (non-hydrogen) atoms. The maximum atomic E-state index is 5.20. The van der Waals surface area contributed by atoms with Gasteiger partial charge in [0.15, 0.2) is 0 Å². The van der Waals surface area contributed by atoms with Crippen LogP contribution >= 0.6 is 0 Å². The standard InChI is InChI=1S/C11H18N4O/c1-9-7-15(6-5-12-9)8-10-11(16-2)14-4-3-13-10/h3-4,9,12H,5-8H2,1-2H3/t9-/m0/s1. The van der Waals surface area contributed by atoms with Gasteiger partial charge in [-0.25, -0.2) is 4.98 Å². The maximum absolute atomic E-state index is 5.20. The summed E-state index contributed by atoms with van der Waals surface area (Å²) < 4.78 is 5.20. The van der Waals surface area contributed by atoms with Gasteiger partial charge in [-0.1, -0.05) is 0 Å². The van der Waals surface area contributed by atoms with Crippen molar-refractivity contribution in [1.29, 1.82) is 0 Å². The first kappa shape index (κ1) is 11.3. The highest BCUT2D eigenvalue weighted by atomic mass is 16.5. The minimum atomic E-state index is 0.538. The number of ether oxygens (including phenoxy) is 1. The molecule has 1 fully saturated rings. The Kier molecular flexibility index (Phi) is 3.69. The molecule has 1 saturated heterocycles. The molecule has 0 radical (unpaired) electrons. The van der Waals surface area contributed by atoms with Crippen molar-refractivity contribution in [3.05, 3.63) is 18.1 Å². The second-order valence-electron chi connectivity index (χ2n) is 4.10.